The number of hydrogen-bond donors (Lipinski definition) is 2. The smallest absolute Gasteiger partial charge is 0.127 e. The molecule has 2 aliphatic rings. The zero-order valence-corrected chi connectivity index (χ0v) is 18.4. The first-order valence-electron chi connectivity index (χ1n) is 11.0. The van der Waals surface area contributed by atoms with E-state index in [4.69, 9.17) is 0 Å². The Balaban J connectivity index is 1.38. The molecule has 2 saturated heterocycles. The van der Waals surface area contributed by atoms with Crippen LogP contribution in [0.25, 0.3) is 22.5 Å². The lowest BCUT2D eigenvalue weighted by atomic mass is 9.64. The first kappa shape index (κ1) is 20.8. The Kier molecular flexibility index (Phi) is 4.89. The van der Waals surface area contributed by atoms with Crippen molar-refractivity contribution in [2.45, 2.75) is 56.8 Å². The monoisotopic (exact) mass is 433 g/mol. The van der Waals surface area contributed by atoms with E-state index < -0.39 is 11.7 Å². The van der Waals surface area contributed by atoms with Crippen molar-refractivity contribution < 1.29 is 9.50 Å². The van der Waals surface area contributed by atoms with E-state index >= 15 is 4.39 Å². The number of nitrogens with zero attached hydrogens (tertiary/aromatic N) is 4. The standard InChI is InChI=1S/C25H28FN5O/c1-16(19-12-24(2)7-4-8-25(3,30-24)23(19)26)20-13-29-21(14-28-20)18-6-5-17(11-22(18)32)31-10-9-27-15-31/h5-6,9-11,13-15,19,23,30,32H,1,4,7-8,12H2,2-3H3/t19-,23+,24+,25-/m0/s1. The Labute approximate surface area is 187 Å². The van der Waals surface area contributed by atoms with Crippen LogP contribution in [-0.2, 0) is 0 Å². The number of alkyl halides is 1. The average Bonchev–Trinajstić information content (AvgIpc) is 3.31. The molecule has 32 heavy (non-hydrogen) atoms. The Morgan fingerprint density at radius 2 is 2.09 bits per heavy atom. The lowest BCUT2D eigenvalue weighted by Gasteiger charge is -2.55. The highest BCUT2D eigenvalue weighted by Gasteiger charge is 2.53. The number of imidazole rings is 1. The van der Waals surface area contributed by atoms with Crippen molar-refractivity contribution in [2.24, 2.45) is 5.92 Å². The number of benzene rings is 1. The van der Waals surface area contributed by atoms with Gasteiger partial charge in [-0.3, -0.25) is 9.97 Å². The molecule has 0 radical (unpaired) electrons. The number of fused-ring (bicyclic) bond motifs is 2. The van der Waals surface area contributed by atoms with Crippen molar-refractivity contribution >= 4 is 5.57 Å². The fourth-order valence-electron chi connectivity index (χ4n) is 5.48. The Morgan fingerprint density at radius 1 is 1.25 bits per heavy atom. The number of phenolic OH excluding ortho intramolecular Hbond substituents is 1. The van der Waals surface area contributed by atoms with Gasteiger partial charge in [-0.15, -0.1) is 0 Å². The maximum absolute atomic E-state index is 15.6. The molecule has 3 aromatic rings. The molecule has 4 atom stereocenters. The van der Waals surface area contributed by atoms with Crippen molar-refractivity contribution in [3.05, 3.63) is 61.6 Å². The number of hydrogen-bond acceptors (Lipinski definition) is 5. The third kappa shape index (κ3) is 3.50. The summed E-state index contributed by atoms with van der Waals surface area (Å²) in [6, 6.07) is 5.35. The van der Waals surface area contributed by atoms with Gasteiger partial charge in [-0.2, -0.15) is 0 Å². The summed E-state index contributed by atoms with van der Waals surface area (Å²) >= 11 is 0. The van der Waals surface area contributed by atoms with Gasteiger partial charge in [0.05, 0.1) is 35.8 Å². The second kappa shape index (κ2) is 7.52. The van der Waals surface area contributed by atoms with Gasteiger partial charge in [-0.25, -0.2) is 9.37 Å². The number of nitrogens with one attached hydrogen (secondary N) is 1. The molecule has 2 bridgehead atoms. The third-order valence-corrected chi connectivity index (χ3v) is 7.13. The summed E-state index contributed by atoms with van der Waals surface area (Å²) in [6.07, 6.45) is 11.0. The lowest BCUT2D eigenvalue weighted by Crippen LogP contribution is -2.68. The number of rotatable bonds is 4. The minimum atomic E-state index is -1.02. The molecule has 166 valence electrons. The van der Waals surface area contributed by atoms with Crippen molar-refractivity contribution in [3.8, 4) is 22.7 Å². The highest BCUT2D eigenvalue weighted by atomic mass is 19.1. The molecule has 0 saturated carbocycles. The number of allylic oxidation sites excluding steroid dienone is 1. The molecule has 7 heteroatoms. The molecule has 2 N–H and O–H groups in total. The van der Waals surface area contributed by atoms with Gasteiger partial charge in [0.25, 0.3) is 0 Å². The van der Waals surface area contributed by atoms with Crippen LogP contribution in [0.2, 0.25) is 0 Å². The number of halogens is 1. The van der Waals surface area contributed by atoms with Gasteiger partial charge in [-0.1, -0.05) is 6.58 Å². The highest BCUT2D eigenvalue weighted by Crippen LogP contribution is 2.47. The zero-order valence-electron chi connectivity index (χ0n) is 18.4. The predicted molar refractivity (Wildman–Crippen MR) is 122 cm³/mol. The van der Waals surface area contributed by atoms with E-state index in [9.17, 15) is 5.11 Å². The maximum atomic E-state index is 15.6. The Bertz CT molecular complexity index is 1150. The van der Waals surface area contributed by atoms with Crippen LogP contribution in [-0.4, -0.2) is 41.9 Å². The summed E-state index contributed by atoms with van der Waals surface area (Å²) < 4.78 is 17.4. The zero-order chi connectivity index (χ0) is 22.5. The summed E-state index contributed by atoms with van der Waals surface area (Å²) in [4.78, 5) is 13.1. The minimum absolute atomic E-state index is 0.0840. The van der Waals surface area contributed by atoms with Crippen molar-refractivity contribution in [2.75, 3.05) is 0 Å². The molecular formula is C25H28FN5O. The summed E-state index contributed by atoms with van der Waals surface area (Å²) in [7, 11) is 0. The quantitative estimate of drug-likeness (QED) is 0.624. The molecule has 0 aliphatic carbocycles. The van der Waals surface area contributed by atoms with Gasteiger partial charge >= 0.3 is 0 Å². The van der Waals surface area contributed by atoms with E-state index in [0.717, 1.165) is 24.9 Å². The van der Waals surface area contributed by atoms with Crippen LogP contribution in [0.5, 0.6) is 5.75 Å². The van der Waals surface area contributed by atoms with Crippen LogP contribution in [0, 0.1) is 5.92 Å². The van der Waals surface area contributed by atoms with E-state index in [1.807, 2.05) is 23.8 Å². The Hall–Kier alpha value is -3.06. The highest BCUT2D eigenvalue weighted by molar-refractivity contribution is 5.70. The van der Waals surface area contributed by atoms with E-state index in [-0.39, 0.29) is 17.2 Å². The van der Waals surface area contributed by atoms with E-state index in [1.165, 1.54) is 0 Å². The molecule has 5 rings (SSSR count). The molecule has 1 aromatic carbocycles. The number of phenols is 1. The normalized spacial score (nSPS) is 29.6. The first-order valence-corrected chi connectivity index (χ1v) is 11.0. The van der Waals surface area contributed by atoms with Crippen molar-refractivity contribution in [1.82, 2.24) is 24.8 Å². The first-order chi connectivity index (χ1) is 15.3. The SMILES string of the molecule is C=C(c1cnc(-c2ccc(-n3ccnc3)cc2O)cn1)[C@@H]1C[C@@]2(C)CCC[C@](C)(N2)[C@@H]1F. The second-order valence-corrected chi connectivity index (χ2v) is 9.65. The molecule has 6 nitrogen and oxygen atoms in total. The van der Waals surface area contributed by atoms with Crippen molar-refractivity contribution in [1.29, 1.82) is 0 Å². The topological polar surface area (TPSA) is 75.9 Å². The van der Waals surface area contributed by atoms with Crippen LogP contribution in [0.15, 0.2) is 55.9 Å². The molecular weight excluding hydrogens is 405 g/mol. The summed E-state index contributed by atoms with van der Waals surface area (Å²) in [5, 5.41) is 14.1. The van der Waals surface area contributed by atoms with Crippen LogP contribution in [0.4, 0.5) is 4.39 Å². The molecule has 2 aliphatic heterocycles. The van der Waals surface area contributed by atoms with Gasteiger partial charge in [-0.05, 0) is 57.2 Å². The van der Waals surface area contributed by atoms with Gasteiger partial charge in [0.1, 0.15) is 11.9 Å². The van der Waals surface area contributed by atoms with Gasteiger partial charge < -0.3 is 15.0 Å². The Morgan fingerprint density at radius 3 is 2.78 bits per heavy atom. The molecule has 2 fully saturated rings. The van der Waals surface area contributed by atoms with Crippen molar-refractivity contribution in [3.63, 3.8) is 0 Å². The van der Waals surface area contributed by atoms with Crippen LogP contribution in [0.1, 0.15) is 45.2 Å². The predicted octanol–water partition coefficient (Wildman–Crippen LogP) is 4.70. The van der Waals surface area contributed by atoms with Gasteiger partial charge in [0.15, 0.2) is 0 Å². The molecule has 4 heterocycles. The van der Waals surface area contributed by atoms with E-state index in [0.29, 0.717) is 28.9 Å². The number of aromatic hydroxyl groups is 1. The van der Waals surface area contributed by atoms with Crippen LogP contribution >= 0.6 is 0 Å². The summed E-state index contributed by atoms with van der Waals surface area (Å²) in [6.45, 7) is 8.39. The molecule has 0 spiro atoms. The van der Waals surface area contributed by atoms with E-state index in [1.54, 1.807) is 37.1 Å². The fourth-order valence-corrected chi connectivity index (χ4v) is 5.48. The van der Waals surface area contributed by atoms with Gasteiger partial charge in [0, 0.05) is 41.0 Å². The summed E-state index contributed by atoms with van der Waals surface area (Å²) in [5.41, 5.74) is 2.61. The number of aromatic nitrogens is 4. The molecule has 0 unspecified atom stereocenters. The molecule has 0 amide bonds. The van der Waals surface area contributed by atoms with Crippen LogP contribution in [0.3, 0.4) is 0 Å². The summed E-state index contributed by atoms with van der Waals surface area (Å²) in [5.74, 6) is -0.192. The molecule has 2 aromatic heterocycles. The number of piperidine rings is 2. The van der Waals surface area contributed by atoms with Crippen LogP contribution < -0.4 is 5.32 Å². The third-order valence-electron chi connectivity index (χ3n) is 7.13. The maximum Gasteiger partial charge on any atom is 0.127 e. The fraction of sp³-hybridized carbons (Fsp3) is 0.400. The second-order valence-electron chi connectivity index (χ2n) is 9.65. The average molecular weight is 434 g/mol. The van der Waals surface area contributed by atoms with E-state index in [2.05, 4.69) is 33.8 Å². The largest absolute Gasteiger partial charge is 0.507 e. The van der Waals surface area contributed by atoms with Gasteiger partial charge in [0.2, 0.25) is 0 Å². The minimum Gasteiger partial charge on any atom is -0.507 e. The lowest BCUT2D eigenvalue weighted by molar-refractivity contribution is -0.00601.